The minimum Gasteiger partial charge on any atom is -0.479 e. The molecule has 0 aliphatic carbocycles. The molecule has 0 spiro atoms. The zero-order chi connectivity index (χ0) is 20.4. The number of hydrogen-bond acceptors (Lipinski definition) is 3. The van der Waals surface area contributed by atoms with Crippen molar-refractivity contribution < 1.29 is 14.3 Å². The molecule has 3 aromatic carbocycles. The van der Waals surface area contributed by atoms with Crippen LogP contribution in [0.4, 0.5) is 11.4 Å². The summed E-state index contributed by atoms with van der Waals surface area (Å²) < 4.78 is 5.66. The highest BCUT2D eigenvalue weighted by Gasteiger charge is 2.29. The number of nitrogens with zero attached hydrogens (tertiary/aromatic N) is 1. The van der Waals surface area contributed by atoms with Crippen molar-refractivity contribution in [2.24, 2.45) is 0 Å². The average Bonchev–Trinajstić information content (AvgIpc) is 2.74. The number of carbonyl (C=O) groups is 2. The van der Waals surface area contributed by atoms with Crippen LogP contribution in [0.3, 0.4) is 0 Å². The maximum absolute atomic E-state index is 13.3. The van der Waals surface area contributed by atoms with Crippen molar-refractivity contribution >= 4 is 23.2 Å². The summed E-state index contributed by atoms with van der Waals surface area (Å²) in [6, 6.07) is 24.7. The van der Waals surface area contributed by atoms with Crippen molar-refractivity contribution in [3.8, 4) is 5.75 Å². The zero-order valence-corrected chi connectivity index (χ0v) is 16.3. The molecule has 1 aliphatic rings. The van der Waals surface area contributed by atoms with Gasteiger partial charge in [-0.05, 0) is 36.2 Å². The summed E-state index contributed by atoms with van der Waals surface area (Å²) in [6.45, 7) is 1.72. The Morgan fingerprint density at radius 2 is 1.55 bits per heavy atom. The van der Waals surface area contributed by atoms with Gasteiger partial charge in [-0.25, -0.2) is 0 Å². The molecule has 146 valence electrons. The van der Waals surface area contributed by atoms with Crippen LogP contribution in [0.25, 0.3) is 0 Å². The maximum atomic E-state index is 13.3. The number of nitrogens with one attached hydrogen (secondary N) is 1. The van der Waals surface area contributed by atoms with E-state index in [1.807, 2.05) is 60.7 Å². The Morgan fingerprint density at radius 1 is 0.966 bits per heavy atom. The van der Waals surface area contributed by atoms with Crippen LogP contribution in [-0.4, -0.2) is 25.0 Å². The first-order valence-electron chi connectivity index (χ1n) is 9.53. The molecular formula is C24H22N2O3. The van der Waals surface area contributed by atoms with Gasteiger partial charge < -0.3 is 15.0 Å². The van der Waals surface area contributed by atoms with Crippen molar-refractivity contribution in [1.29, 1.82) is 0 Å². The number of amides is 2. The van der Waals surface area contributed by atoms with E-state index in [0.29, 0.717) is 17.1 Å². The number of hydrogen-bond donors (Lipinski definition) is 1. The van der Waals surface area contributed by atoms with Gasteiger partial charge in [0, 0.05) is 12.7 Å². The van der Waals surface area contributed by atoms with Crippen molar-refractivity contribution in [2.75, 3.05) is 17.3 Å². The molecule has 1 heterocycles. The standard InChI is InChI=1S/C24H22N2O3/c1-16-24(28)26(2)20-15-19(13-14-21(20)29-16)25-23(27)22(17-9-5-3-6-10-17)18-11-7-4-8-12-18/h3-16,22H,1-2H3,(H,25,27). The molecule has 1 atom stereocenters. The molecule has 1 unspecified atom stereocenters. The highest BCUT2D eigenvalue weighted by molar-refractivity contribution is 6.02. The summed E-state index contributed by atoms with van der Waals surface area (Å²) >= 11 is 0. The second-order valence-corrected chi connectivity index (χ2v) is 7.08. The first-order chi connectivity index (χ1) is 14.0. The quantitative estimate of drug-likeness (QED) is 0.731. The SMILES string of the molecule is CC1Oc2ccc(NC(=O)C(c3ccccc3)c3ccccc3)cc2N(C)C1=O. The molecule has 29 heavy (non-hydrogen) atoms. The molecule has 1 aliphatic heterocycles. The molecule has 2 amide bonds. The lowest BCUT2D eigenvalue weighted by molar-refractivity contribution is -0.125. The van der Waals surface area contributed by atoms with Crippen LogP contribution in [0.1, 0.15) is 24.0 Å². The van der Waals surface area contributed by atoms with Gasteiger partial charge >= 0.3 is 0 Å². The third-order valence-electron chi connectivity index (χ3n) is 5.10. The van der Waals surface area contributed by atoms with Crippen LogP contribution in [-0.2, 0) is 9.59 Å². The third-order valence-corrected chi connectivity index (χ3v) is 5.10. The van der Waals surface area contributed by atoms with E-state index < -0.39 is 12.0 Å². The summed E-state index contributed by atoms with van der Waals surface area (Å²) in [6.07, 6.45) is -0.520. The van der Waals surface area contributed by atoms with Gasteiger partial charge in [-0.3, -0.25) is 9.59 Å². The van der Waals surface area contributed by atoms with E-state index in [9.17, 15) is 9.59 Å². The van der Waals surface area contributed by atoms with Gasteiger partial charge in [0.05, 0.1) is 11.6 Å². The minimum atomic E-state index is -0.520. The number of rotatable bonds is 4. The van der Waals surface area contributed by atoms with E-state index in [1.165, 1.54) is 0 Å². The van der Waals surface area contributed by atoms with Gasteiger partial charge in [0.1, 0.15) is 5.75 Å². The van der Waals surface area contributed by atoms with Crippen LogP contribution >= 0.6 is 0 Å². The van der Waals surface area contributed by atoms with Crippen LogP contribution in [0, 0.1) is 0 Å². The highest BCUT2D eigenvalue weighted by Crippen LogP contribution is 2.36. The fraction of sp³-hybridized carbons (Fsp3) is 0.167. The highest BCUT2D eigenvalue weighted by atomic mass is 16.5. The Balaban J connectivity index is 1.64. The molecule has 0 radical (unpaired) electrons. The second kappa shape index (κ2) is 7.80. The largest absolute Gasteiger partial charge is 0.479 e. The van der Waals surface area contributed by atoms with E-state index in [4.69, 9.17) is 4.74 Å². The summed E-state index contributed by atoms with van der Waals surface area (Å²) in [5.74, 6) is -0.0711. The molecular weight excluding hydrogens is 364 g/mol. The number of likely N-dealkylation sites (N-methyl/N-ethyl adjacent to an activating group) is 1. The fourth-order valence-corrected chi connectivity index (χ4v) is 3.59. The average molecular weight is 386 g/mol. The molecule has 5 heteroatoms. The van der Waals surface area contributed by atoms with Crippen molar-refractivity contribution in [2.45, 2.75) is 18.9 Å². The Hall–Kier alpha value is -3.60. The number of benzene rings is 3. The van der Waals surface area contributed by atoms with Crippen LogP contribution in [0.2, 0.25) is 0 Å². The van der Waals surface area contributed by atoms with E-state index in [1.54, 1.807) is 37.1 Å². The lowest BCUT2D eigenvalue weighted by atomic mass is 9.90. The third kappa shape index (κ3) is 3.72. The van der Waals surface area contributed by atoms with Crippen molar-refractivity contribution in [1.82, 2.24) is 0 Å². The summed E-state index contributed by atoms with van der Waals surface area (Å²) in [7, 11) is 1.71. The summed E-state index contributed by atoms with van der Waals surface area (Å²) in [4.78, 5) is 27.0. The van der Waals surface area contributed by atoms with Crippen LogP contribution in [0.5, 0.6) is 5.75 Å². The van der Waals surface area contributed by atoms with Crippen molar-refractivity contribution in [3.05, 3.63) is 90.0 Å². The molecule has 4 rings (SSSR count). The van der Waals surface area contributed by atoms with Gasteiger partial charge in [-0.1, -0.05) is 60.7 Å². The zero-order valence-electron chi connectivity index (χ0n) is 16.3. The monoisotopic (exact) mass is 386 g/mol. The van der Waals surface area contributed by atoms with E-state index >= 15 is 0 Å². The van der Waals surface area contributed by atoms with Gasteiger partial charge in [0.2, 0.25) is 5.91 Å². The maximum Gasteiger partial charge on any atom is 0.267 e. The molecule has 0 bridgehead atoms. The number of fused-ring (bicyclic) bond motifs is 1. The Kier molecular flexibility index (Phi) is 5.04. The topological polar surface area (TPSA) is 58.6 Å². The normalized spacial score (nSPS) is 15.6. The first-order valence-corrected chi connectivity index (χ1v) is 9.53. The molecule has 3 aromatic rings. The lowest BCUT2D eigenvalue weighted by Crippen LogP contribution is -2.42. The van der Waals surface area contributed by atoms with Gasteiger partial charge in [-0.15, -0.1) is 0 Å². The summed E-state index contributed by atoms with van der Waals surface area (Å²) in [5, 5.41) is 3.00. The Labute approximate surface area is 169 Å². The molecule has 1 N–H and O–H groups in total. The second-order valence-electron chi connectivity index (χ2n) is 7.08. The molecule has 0 fully saturated rings. The molecule has 0 aromatic heterocycles. The number of anilines is 2. The van der Waals surface area contributed by atoms with E-state index in [2.05, 4.69) is 5.32 Å². The van der Waals surface area contributed by atoms with Gasteiger partial charge in [0.25, 0.3) is 5.91 Å². The van der Waals surface area contributed by atoms with E-state index in [0.717, 1.165) is 11.1 Å². The van der Waals surface area contributed by atoms with E-state index in [-0.39, 0.29) is 11.8 Å². The first kappa shape index (κ1) is 18.7. The molecule has 5 nitrogen and oxygen atoms in total. The van der Waals surface area contributed by atoms with Crippen molar-refractivity contribution in [3.63, 3.8) is 0 Å². The lowest BCUT2D eigenvalue weighted by Gasteiger charge is -2.30. The van der Waals surface area contributed by atoms with Crippen LogP contribution in [0.15, 0.2) is 78.9 Å². The fourth-order valence-electron chi connectivity index (χ4n) is 3.59. The summed E-state index contributed by atoms with van der Waals surface area (Å²) in [5.41, 5.74) is 3.09. The predicted molar refractivity (Wildman–Crippen MR) is 113 cm³/mol. The van der Waals surface area contributed by atoms with Gasteiger partial charge in [0.15, 0.2) is 6.10 Å². The van der Waals surface area contributed by atoms with Crippen LogP contribution < -0.4 is 15.0 Å². The Bertz CT molecular complexity index is 995. The minimum absolute atomic E-state index is 0.118. The molecule has 0 saturated carbocycles. The van der Waals surface area contributed by atoms with Gasteiger partial charge in [-0.2, -0.15) is 0 Å². The Morgan fingerprint density at radius 3 is 2.14 bits per heavy atom. The molecule has 0 saturated heterocycles. The smallest absolute Gasteiger partial charge is 0.267 e. The number of ether oxygens (including phenoxy) is 1. The predicted octanol–water partition coefficient (Wildman–Crippen LogP) is 4.20. The number of carbonyl (C=O) groups excluding carboxylic acids is 2.